The van der Waals surface area contributed by atoms with Gasteiger partial charge in [-0.2, -0.15) is 0 Å². The number of carbonyl (C=O) groups excluding carboxylic acids is 2. The van der Waals surface area contributed by atoms with E-state index in [-0.39, 0.29) is 5.97 Å². The molecule has 0 amide bonds. The predicted molar refractivity (Wildman–Crippen MR) is 86.0 cm³/mol. The van der Waals surface area contributed by atoms with Gasteiger partial charge in [-0.1, -0.05) is 39.2 Å². The first-order valence-corrected chi connectivity index (χ1v) is 8.06. The third kappa shape index (κ3) is 5.88. The molecule has 1 unspecified atom stereocenters. The maximum absolute atomic E-state index is 12.1. The van der Waals surface area contributed by atoms with Gasteiger partial charge in [0.25, 0.3) is 0 Å². The molecule has 0 radical (unpaired) electrons. The molecule has 0 saturated heterocycles. The summed E-state index contributed by atoms with van der Waals surface area (Å²) >= 11 is 0. The molecule has 0 saturated carbocycles. The first kappa shape index (κ1) is 18.2. The maximum atomic E-state index is 12.1. The van der Waals surface area contributed by atoms with Gasteiger partial charge < -0.3 is 9.47 Å². The Morgan fingerprint density at radius 2 is 1.68 bits per heavy atom. The minimum absolute atomic E-state index is 0.309. The summed E-state index contributed by atoms with van der Waals surface area (Å²) in [6.45, 7) is 6.74. The lowest BCUT2D eigenvalue weighted by molar-refractivity contribution is 0.0428. The summed E-state index contributed by atoms with van der Waals surface area (Å²) in [7, 11) is 0. The van der Waals surface area contributed by atoms with Crippen LogP contribution in [0.15, 0.2) is 24.3 Å². The van der Waals surface area contributed by atoms with Crippen LogP contribution >= 0.6 is 0 Å². The molecule has 0 fully saturated rings. The van der Waals surface area contributed by atoms with Gasteiger partial charge in [0.05, 0.1) is 24.3 Å². The van der Waals surface area contributed by atoms with Gasteiger partial charge in [-0.3, -0.25) is 0 Å². The molecule has 0 aliphatic carbocycles. The average molecular weight is 306 g/mol. The summed E-state index contributed by atoms with van der Waals surface area (Å²) in [6.07, 6.45) is 4.36. The molecule has 0 N–H and O–H groups in total. The highest BCUT2D eigenvalue weighted by Gasteiger charge is 2.14. The van der Waals surface area contributed by atoms with Crippen LogP contribution in [-0.2, 0) is 9.47 Å². The Morgan fingerprint density at radius 3 is 2.23 bits per heavy atom. The van der Waals surface area contributed by atoms with Crippen LogP contribution in [0.4, 0.5) is 0 Å². The molecule has 4 nitrogen and oxygen atoms in total. The molecule has 1 rings (SSSR count). The van der Waals surface area contributed by atoms with Crippen molar-refractivity contribution in [3.63, 3.8) is 0 Å². The molecule has 0 aliphatic rings. The highest BCUT2D eigenvalue weighted by Crippen LogP contribution is 2.14. The summed E-state index contributed by atoms with van der Waals surface area (Å²) < 4.78 is 10.3. The molecule has 0 aromatic heterocycles. The van der Waals surface area contributed by atoms with Crippen LogP contribution in [0.1, 0.15) is 67.2 Å². The van der Waals surface area contributed by atoms with E-state index in [4.69, 9.17) is 9.47 Å². The summed E-state index contributed by atoms with van der Waals surface area (Å²) in [5.41, 5.74) is 0.755. The van der Waals surface area contributed by atoms with E-state index in [1.807, 2.05) is 0 Å². The topological polar surface area (TPSA) is 52.6 Å². The third-order valence-electron chi connectivity index (χ3n) is 3.60. The second-order valence-electron chi connectivity index (χ2n) is 5.32. The van der Waals surface area contributed by atoms with Crippen molar-refractivity contribution in [3.05, 3.63) is 35.4 Å². The van der Waals surface area contributed by atoms with Crippen LogP contribution in [0.5, 0.6) is 0 Å². The lowest BCUT2D eigenvalue weighted by atomic mass is 10.0. The van der Waals surface area contributed by atoms with Crippen molar-refractivity contribution in [1.82, 2.24) is 0 Å². The maximum Gasteiger partial charge on any atom is 0.338 e. The van der Waals surface area contributed by atoms with Crippen molar-refractivity contribution >= 4 is 11.9 Å². The molecule has 22 heavy (non-hydrogen) atoms. The van der Waals surface area contributed by atoms with E-state index >= 15 is 0 Å². The summed E-state index contributed by atoms with van der Waals surface area (Å²) in [5.74, 6) is -0.412. The molecular formula is C18H26O4. The second-order valence-corrected chi connectivity index (χ2v) is 5.32. The van der Waals surface area contributed by atoms with Crippen molar-refractivity contribution in [2.24, 2.45) is 5.92 Å². The molecule has 0 spiro atoms. The molecule has 122 valence electrons. The van der Waals surface area contributed by atoms with Gasteiger partial charge in [-0.15, -0.1) is 0 Å². The van der Waals surface area contributed by atoms with Crippen molar-refractivity contribution in [3.8, 4) is 0 Å². The van der Waals surface area contributed by atoms with Crippen LogP contribution in [0.25, 0.3) is 0 Å². The zero-order chi connectivity index (χ0) is 16.4. The number of ether oxygens (including phenoxy) is 2. The number of unbranched alkanes of at least 4 members (excludes halogenated alkanes) is 1. The molecule has 4 heteroatoms. The van der Waals surface area contributed by atoms with E-state index in [2.05, 4.69) is 13.8 Å². The SMILES string of the molecule is CCCCC(CC)COC(=O)c1cccc(C(=O)OCC)c1. The van der Waals surface area contributed by atoms with Crippen LogP contribution in [-0.4, -0.2) is 25.2 Å². The van der Waals surface area contributed by atoms with Crippen LogP contribution in [0.3, 0.4) is 0 Å². The van der Waals surface area contributed by atoms with Crippen LogP contribution < -0.4 is 0 Å². The van der Waals surface area contributed by atoms with Crippen molar-refractivity contribution in [2.75, 3.05) is 13.2 Å². The second kappa shape index (κ2) is 9.98. The smallest absolute Gasteiger partial charge is 0.338 e. The zero-order valence-electron chi connectivity index (χ0n) is 13.8. The Morgan fingerprint density at radius 1 is 1.05 bits per heavy atom. The fourth-order valence-electron chi connectivity index (χ4n) is 2.16. The number of carbonyl (C=O) groups is 2. The van der Waals surface area contributed by atoms with E-state index in [1.165, 1.54) is 6.07 Å². The van der Waals surface area contributed by atoms with Crippen molar-refractivity contribution < 1.29 is 19.1 Å². The van der Waals surface area contributed by atoms with Crippen LogP contribution in [0, 0.1) is 5.92 Å². The Balaban J connectivity index is 2.61. The summed E-state index contributed by atoms with van der Waals surface area (Å²) in [5, 5.41) is 0. The van der Waals surface area contributed by atoms with Gasteiger partial charge in [0.15, 0.2) is 0 Å². The first-order chi connectivity index (χ1) is 10.6. The lowest BCUT2D eigenvalue weighted by Gasteiger charge is -2.14. The minimum atomic E-state index is -0.425. The molecule has 0 bridgehead atoms. The molecule has 1 aromatic carbocycles. The van der Waals surface area contributed by atoms with Gasteiger partial charge in [0.1, 0.15) is 0 Å². The largest absolute Gasteiger partial charge is 0.462 e. The standard InChI is InChI=1S/C18H26O4/c1-4-7-9-14(5-2)13-22-18(20)16-11-8-10-15(12-16)17(19)21-6-3/h8,10-12,14H,4-7,9,13H2,1-3H3. The van der Waals surface area contributed by atoms with Crippen LogP contribution in [0.2, 0.25) is 0 Å². The quantitative estimate of drug-likeness (QED) is 0.640. The Labute approximate surface area is 132 Å². The fourth-order valence-corrected chi connectivity index (χ4v) is 2.16. The summed E-state index contributed by atoms with van der Waals surface area (Å²) in [4.78, 5) is 23.8. The number of esters is 2. The lowest BCUT2D eigenvalue weighted by Crippen LogP contribution is -2.14. The molecular weight excluding hydrogens is 280 g/mol. The van der Waals surface area contributed by atoms with Gasteiger partial charge in [0.2, 0.25) is 0 Å². The average Bonchev–Trinajstić information content (AvgIpc) is 2.55. The van der Waals surface area contributed by atoms with Gasteiger partial charge in [0, 0.05) is 0 Å². The summed E-state index contributed by atoms with van der Waals surface area (Å²) in [6, 6.07) is 6.47. The molecule has 0 heterocycles. The highest BCUT2D eigenvalue weighted by atomic mass is 16.5. The minimum Gasteiger partial charge on any atom is -0.462 e. The van der Waals surface area contributed by atoms with E-state index in [9.17, 15) is 9.59 Å². The highest BCUT2D eigenvalue weighted by molar-refractivity contribution is 5.95. The molecule has 1 atom stereocenters. The van der Waals surface area contributed by atoms with Crippen molar-refractivity contribution in [1.29, 1.82) is 0 Å². The van der Waals surface area contributed by atoms with Gasteiger partial charge >= 0.3 is 11.9 Å². The van der Waals surface area contributed by atoms with Gasteiger partial charge in [-0.25, -0.2) is 9.59 Å². The van der Waals surface area contributed by atoms with Gasteiger partial charge in [-0.05, 0) is 37.5 Å². The molecule has 0 aliphatic heterocycles. The third-order valence-corrected chi connectivity index (χ3v) is 3.60. The number of benzene rings is 1. The van der Waals surface area contributed by atoms with E-state index in [0.717, 1.165) is 25.7 Å². The Hall–Kier alpha value is -1.84. The fraction of sp³-hybridized carbons (Fsp3) is 0.556. The first-order valence-electron chi connectivity index (χ1n) is 8.06. The number of hydrogen-bond donors (Lipinski definition) is 0. The van der Waals surface area contributed by atoms with E-state index in [1.54, 1.807) is 25.1 Å². The number of hydrogen-bond acceptors (Lipinski definition) is 4. The molecule has 1 aromatic rings. The normalized spacial score (nSPS) is 11.8. The predicted octanol–water partition coefficient (Wildman–Crippen LogP) is 4.24. The Bertz CT molecular complexity index is 482. The monoisotopic (exact) mass is 306 g/mol. The number of rotatable bonds is 9. The zero-order valence-corrected chi connectivity index (χ0v) is 13.8. The van der Waals surface area contributed by atoms with E-state index in [0.29, 0.717) is 30.3 Å². The Kier molecular flexibility index (Phi) is 8.26. The van der Waals surface area contributed by atoms with Crippen molar-refractivity contribution in [2.45, 2.75) is 46.5 Å². The van der Waals surface area contributed by atoms with E-state index < -0.39 is 5.97 Å².